The van der Waals surface area contributed by atoms with E-state index in [-0.39, 0.29) is 6.54 Å². The highest BCUT2D eigenvalue weighted by molar-refractivity contribution is 5.27. The van der Waals surface area contributed by atoms with E-state index >= 15 is 0 Å². The van der Waals surface area contributed by atoms with Crippen molar-refractivity contribution in [2.45, 2.75) is 46.1 Å². The number of halogens is 2. The Labute approximate surface area is 94.6 Å². The van der Waals surface area contributed by atoms with E-state index in [0.717, 1.165) is 36.2 Å². The van der Waals surface area contributed by atoms with Crippen molar-refractivity contribution in [1.29, 1.82) is 0 Å². The zero-order valence-corrected chi connectivity index (χ0v) is 9.84. The minimum atomic E-state index is -2.36. The molecule has 0 saturated heterocycles. The summed E-state index contributed by atoms with van der Waals surface area (Å²) in [7, 11) is 0. The van der Waals surface area contributed by atoms with Crippen LogP contribution < -0.4 is 5.73 Å². The maximum Gasteiger partial charge on any atom is 0.257 e. The number of aryl methyl sites for hydroxylation is 1. The molecule has 1 heterocycles. The van der Waals surface area contributed by atoms with Gasteiger partial charge in [-0.15, -0.1) is 0 Å². The van der Waals surface area contributed by atoms with E-state index in [1.807, 2.05) is 13.8 Å². The van der Waals surface area contributed by atoms with Crippen molar-refractivity contribution in [3.05, 3.63) is 17.0 Å². The summed E-state index contributed by atoms with van der Waals surface area (Å²) >= 11 is 0. The van der Waals surface area contributed by atoms with Crippen molar-refractivity contribution >= 4 is 0 Å². The zero-order chi connectivity index (χ0) is 12.1. The molecule has 16 heavy (non-hydrogen) atoms. The van der Waals surface area contributed by atoms with Crippen molar-refractivity contribution in [3.8, 4) is 0 Å². The lowest BCUT2D eigenvalue weighted by atomic mass is 10.1. The zero-order valence-electron chi connectivity index (χ0n) is 9.84. The lowest BCUT2D eigenvalue weighted by Gasteiger charge is -2.06. The number of hydrogen-bond acceptors (Lipinski definition) is 2. The Balaban J connectivity index is 3.08. The van der Waals surface area contributed by atoms with Gasteiger partial charge >= 0.3 is 0 Å². The van der Waals surface area contributed by atoms with Crippen LogP contribution in [0, 0.1) is 0 Å². The van der Waals surface area contributed by atoms with Crippen LogP contribution in [0.3, 0.4) is 0 Å². The van der Waals surface area contributed by atoms with Crippen LogP contribution in [-0.2, 0) is 25.8 Å². The van der Waals surface area contributed by atoms with Gasteiger partial charge < -0.3 is 5.73 Å². The molecular weight excluding hydrogens is 212 g/mol. The first-order valence-electron chi connectivity index (χ1n) is 5.69. The van der Waals surface area contributed by atoms with E-state index in [4.69, 9.17) is 5.73 Å². The Morgan fingerprint density at radius 2 is 2.00 bits per heavy atom. The lowest BCUT2D eigenvalue weighted by molar-refractivity contribution is 0.120. The summed E-state index contributed by atoms with van der Waals surface area (Å²) in [6.45, 7) is 4.15. The van der Waals surface area contributed by atoms with E-state index in [1.54, 1.807) is 0 Å². The van der Waals surface area contributed by atoms with Crippen LogP contribution in [0.2, 0.25) is 0 Å². The molecule has 2 N–H and O–H groups in total. The second-order valence-corrected chi connectivity index (χ2v) is 3.69. The summed E-state index contributed by atoms with van der Waals surface area (Å²) < 4.78 is 26.2. The highest BCUT2D eigenvalue weighted by atomic mass is 19.3. The molecule has 0 bridgehead atoms. The van der Waals surface area contributed by atoms with Crippen molar-refractivity contribution < 1.29 is 8.78 Å². The molecule has 0 saturated carbocycles. The van der Waals surface area contributed by atoms with Gasteiger partial charge in [0.1, 0.15) is 6.54 Å². The molecule has 0 atom stereocenters. The number of aromatic nitrogens is 2. The summed E-state index contributed by atoms with van der Waals surface area (Å²) in [5.74, 6) is 0. The van der Waals surface area contributed by atoms with Gasteiger partial charge in [-0.25, -0.2) is 8.78 Å². The predicted octanol–water partition coefficient (Wildman–Crippen LogP) is 1.77. The average molecular weight is 231 g/mol. The molecule has 92 valence electrons. The number of hydrogen-bond donors (Lipinski definition) is 1. The molecule has 1 aromatic heterocycles. The van der Waals surface area contributed by atoms with Crippen molar-refractivity contribution in [2.24, 2.45) is 5.73 Å². The summed E-state index contributed by atoms with van der Waals surface area (Å²) in [6.07, 6.45) is -0.163. The SMILES string of the molecule is CCc1nn(CC(F)F)c(CC)c1CCN. The standard InChI is InChI=1S/C11H19F2N3/c1-3-9-8(5-6-14)10(4-2)16(15-9)7-11(12)13/h11H,3-7,14H2,1-2H3. The molecule has 0 aliphatic carbocycles. The van der Waals surface area contributed by atoms with Crippen LogP contribution >= 0.6 is 0 Å². The third-order valence-corrected chi connectivity index (χ3v) is 2.62. The Morgan fingerprint density at radius 1 is 1.31 bits per heavy atom. The van der Waals surface area contributed by atoms with Crippen molar-refractivity contribution in [3.63, 3.8) is 0 Å². The lowest BCUT2D eigenvalue weighted by Crippen LogP contribution is -2.12. The Bertz CT molecular complexity index is 334. The van der Waals surface area contributed by atoms with Gasteiger partial charge in [0.15, 0.2) is 0 Å². The highest BCUT2D eigenvalue weighted by Crippen LogP contribution is 2.17. The van der Waals surface area contributed by atoms with Gasteiger partial charge in [-0.2, -0.15) is 5.10 Å². The maximum absolute atomic E-state index is 12.4. The Kier molecular flexibility index (Phi) is 4.86. The number of alkyl halides is 2. The minimum Gasteiger partial charge on any atom is -0.330 e. The third-order valence-electron chi connectivity index (χ3n) is 2.62. The van der Waals surface area contributed by atoms with Gasteiger partial charge in [0, 0.05) is 5.69 Å². The number of nitrogens with two attached hydrogens (primary N) is 1. The molecule has 0 spiro atoms. The second-order valence-electron chi connectivity index (χ2n) is 3.69. The first kappa shape index (κ1) is 13.1. The fourth-order valence-electron chi connectivity index (χ4n) is 1.98. The van der Waals surface area contributed by atoms with Gasteiger partial charge in [-0.3, -0.25) is 4.68 Å². The van der Waals surface area contributed by atoms with E-state index < -0.39 is 6.43 Å². The molecular formula is C11H19F2N3. The van der Waals surface area contributed by atoms with Gasteiger partial charge in [0.2, 0.25) is 0 Å². The predicted molar refractivity (Wildman–Crippen MR) is 59.7 cm³/mol. The summed E-state index contributed by atoms with van der Waals surface area (Å²) in [6, 6.07) is 0. The quantitative estimate of drug-likeness (QED) is 0.811. The highest BCUT2D eigenvalue weighted by Gasteiger charge is 2.16. The molecule has 1 rings (SSSR count). The monoisotopic (exact) mass is 231 g/mol. The van der Waals surface area contributed by atoms with Crippen LogP contribution in [-0.4, -0.2) is 22.8 Å². The normalized spacial score (nSPS) is 11.4. The Hall–Kier alpha value is -0.970. The summed E-state index contributed by atoms with van der Waals surface area (Å²) in [5, 5.41) is 4.24. The third kappa shape index (κ3) is 2.78. The van der Waals surface area contributed by atoms with Gasteiger partial charge in [0.05, 0.1) is 5.69 Å². The van der Waals surface area contributed by atoms with Crippen molar-refractivity contribution in [1.82, 2.24) is 9.78 Å². The molecule has 0 aliphatic rings. The molecule has 0 aliphatic heterocycles. The summed E-state index contributed by atoms with van der Waals surface area (Å²) in [4.78, 5) is 0. The Morgan fingerprint density at radius 3 is 2.44 bits per heavy atom. The van der Waals surface area contributed by atoms with Gasteiger partial charge in [0.25, 0.3) is 6.43 Å². The fourth-order valence-corrected chi connectivity index (χ4v) is 1.98. The van der Waals surface area contributed by atoms with Crippen LogP contribution in [0.4, 0.5) is 8.78 Å². The smallest absolute Gasteiger partial charge is 0.257 e. The summed E-state index contributed by atoms with van der Waals surface area (Å²) in [5.41, 5.74) is 8.41. The topological polar surface area (TPSA) is 43.8 Å². The second kappa shape index (κ2) is 5.94. The first-order chi connectivity index (χ1) is 7.63. The first-order valence-corrected chi connectivity index (χ1v) is 5.69. The molecule has 5 heteroatoms. The van der Waals surface area contributed by atoms with E-state index in [2.05, 4.69) is 5.10 Å². The van der Waals surface area contributed by atoms with Crippen molar-refractivity contribution in [2.75, 3.05) is 6.54 Å². The molecule has 0 amide bonds. The molecule has 0 aromatic carbocycles. The van der Waals surface area contributed by atoms with Gasteiger partial charge in [-0.1, -0.05) is 13.8 Å². The average Bonchev–Trinajstić information content (AvgIpc) is 2.55. The van der Waals surface area contributed by atoms with Crippen LogP contribution in [0.15, 0.2) is 0 Å². The number of rotatable bonds is 6. The molecule has 1 aromatic rings. The molecule has 0 fully saturated rings. The van der Waals surface area contributed by atoms with E-state index in [0.29, 0.717) is 6.54 Å². The molecule has 3 nitrogen and oxygen atoms in total. The van der Waals surface area contributed by atoms with Crippen LogP contribution in [0.1, 0.15) is 30.8 Å². The van der Waals surface area contributed by atoms with Gasteiger partial charge in [-0.05, 0) is 31.4 Å². The molecule has 0 unspecified atom stereocenters. The maximum atomic E-state index is 12.4. The van der Waals surface area contributed by atoms with E-state index in [1.165, 1.54) is 4.68 Å². The minimum absolute atomic E-state index is 0.319. The van der Waals surface area contributed by atoms with Crippen LogP contribution in [0.25, 0.3) is 0 Å². The largest absolute Gasteiger partial charge is 0.330 e. The van der Waals surface area contributed by atoms with Crippen LogP contribution in [0.5, 0.6) is 0 Å². The number of nitrogens with zero attached hydrogens (tertiary/aromatic N) is 2. The molecule has 0 radical (unpaired) electrons. The van der Waals surface area contributed by atoms with E-state index in [9.17, 15) is 8.78 Å². The fraction of sp³-hybridized carbons (Fsp3) is 0.727.